The molecule has 1 unspecified atom stereocenters. The Morgan fingerprint density at radius 1 is 1.12 bits per heavy atom. The third-order valence-corrected chi connectivity index (χ3v) is 4.06. The minimum absolute atomic E-state index is 0.174. The van der Waals surface area contributed by atoms with Gasteiger partial charge < -0.3 is 14.8 Å². The van der Waals surface area contributed by atoms with E-state index < -0.39 is 0 Å². The highest BCUT2D eigenvalue weighted by Gasteiger charge is 2.16. The van der Waals surface area contributed by atoms with E-state index in [4.69, 9.17) is 9.47 Å². The van der Waals surface area contributed by atoms with Gasteiger partial charge in [-0.2, -0.15) is 5.10 Å². The van der Waals surface area contributed by atoms with Crippen molar-refractivity contribution in [2.45, 2.75) is 13.0 Å². The SMILES string of the molecule is COc1ccc(OC)c(C(C)NC(=O)c2ccc(-n3cncn3)cc2)c1. The second-order valence-electron chi connectivity index (χ2n) is 5.69. The molecule has 1 aromatic heterocycles. The average Bonchev–Trinajstić information content (AvgIpc) is 3.22. The first kappa shape index (κ1) is 17.5. The van der Waals surface area contributed by atoms with Crippen molar-refractivity contribution >= 4 is 5.91 Å². The molecule has 0 spiro atoms. The molecule has 1 N–H and O–H groups in total. The largest absolute Gasteiger partial charge is 0.497 e. The van der Waals surface area contributed by atoms with Gasteiger partial charge in [-0.25, -0.2) is 9.67 Å². The van der Waals surface area contributed by atoms with Crippen LogP contribution in [0.15, 0.2) is 55.1 Å². The lowest BCUT2D eigenvalue weighted by molar-refractivity contribution is 0.0939. The van der Waals surface area contributed by atoms with Gasteiger partial charge in [0, 0.05) is 11.1 Å². The lowest BCUT2D eigenvalue weighted by Gasteiger charge is -2.18. The summed E-state index contributed by atoms with van der Waals surface area (Å²) >= 11 is 0. The Labute approximate surface area is 151 Å². The molecule has 0 aliphatic carbocycles. The topological polar surface area (TPSA) is 78.3 Å². The lowest BCUT2D eigenvalue weighted by atomic mass is 10.1. The van der Waals surface area contributed by atoms with Gasteiger partial charge in [0.15, 0.2) is 0 Å². The first-order valence-electron chi connectivity index (χ1n) is 8.10. The van der Waals surface area contributed by atoms with Gasteiger partial charge in [0.05, 0.1) is 25.9 Å². The van der Waals surface area contributed by atoms with Crippen LogP contribution >= 0.6 is 0 Å². The number of rotatable bonds is 6. The van der Waals surface area contributed by atoms with Crippen molar-refractivity contribution in [2.24, 2.45) is 0 Å². The number of benzene rings is 2. The Morgan fingerprint density at radius 2 is 1.88 bits per heavy atom. The second-order valence-corrected chi connectivity index (χ2v) is 5.69. The summed E-state index contributed by atoms with van der Waals surface area (Å²) in [5.41, 5.74) is 2.24. The van der Waals surface area contributed by atoms with Crippen molar-refractivity contribution in [2.75, 3.05) is 14.2 Å². The molecular weight excluding hydrogens is 332 g/mol. The summed E-state index contributed by atoms with van der Waals surface area (Å²) < 4.78 is 12.3. The van der Waals surface area contributed by atoms with Crippen LogP contribution in [0.4, 0.5) is 0 Å². The zero-order valence-corrected chi connectivity index (χ0v) is 14.8. The molecule has 0 saturated heterocycles. The minimum Gasteiger partial charge on any atom is -0.497 e. The van der Waals surface area contributed by atoms with Gasteiger partial charge in [-0.05, 0) is 49.4 Å². The van der Waals surface area contributed by atoms with Crippen molar-refractivity contribution in [3.63, 3.8) is 0 Å². The molecule has 0 aliphatic heterocycles. The Balaban J connectivity index is 1.75. The Morgan fingerprint density at radius 3 is 2.50 bits per heavy atom. The van der Waals surface area contributed by atoms with Crippen LogP contribution in [0.2, 0.25) is 0 Å². The van der Waals surface area contributed by atoms with E-state index in [1.54, 1.807) is 37.4 Å². The maximum Gasteiger partial charge on any atom is 0.251 e. The van der Waals surface area contributed by atoms with E-state index in [1.807, 2.05) is 37.3 Å². The van der Waals surface area contributed by atoms with E-state index in [0.717, 1.165) is 11.3 Å². The highest BCUT2D eigenvalue weighted by Crippen LogP contribution is 2.29. The fourth-order valence-corrected chi connectivity index (χ4v) is 2.64. The van der Waals surface area contributed by atoms with Gasteiger partial charge in [-0.3, -0.25) is 4.79 Å². The lowest BCUT2D eigenvalue weighted by Crippen LogP contribution is -2.27. The molecule has 134 valence electrons. The molecule has 3 rings (SSSR count). The second kappa shape index (κ2) is 7.69. The highest BCUT2D eigenvalue weighted by atomic mass is 16.5. The fraction of sp³-hybridized carbons (Fsp3) is 0.211. The van der Waals surface area contributed by atoms with E-state index in [-0.39, 0.29) is 11.9 Å². The zero-order chi connectivity index (χ0) is 18.5. The number of hydrogen-bond acceptors (Lipinski definition) is 5. The Kier molecular flexibility index (Phi) is 5.17. The Hall–Kier alpha value is -3.35. The average molecular weight is 352 g/mol. The van der Waals surface area contributed by atoms with Crippen molar-refractivity contribution in [1.29, 1.82) is 0 Å². The highest BCUT2D eigenvalue weighted by molar-refractivity contribution is 5.94. The summed E-state index contributed by atoms with van der Waals surface area (Å²) in [6.07, 6.45) is 3.07. The van der Waals surface area contributed by atoms with Crippen LogP contribution in [0.1, 0.15) is 28.9 Å². The van der Waals surface area contributed by atoms with Gasteiger partial charge >= 0.3 is 0 Å². The smallest absolute Gasteiger partial charge is 0.251 e. The summed E-state index contributed by atoms with van der Waals surface area (Å²) in [7, 11) is 3.20. The predicted octanol–water partition coefficient (Wildman–Crippen LogP) is 2.78. The molecule has 0 bridgehead atoms. The van der Waals surface area contributed by atoms with Gasteiger partial charge in [-0.1, -0.05) is 0 Å². The van der Waals surface area contributed by atoms with Crippen LogP contribution in [0.25, 0.3) is 5.69 Å². The molecule has 0 aliphatic rings. The molecule has 2 aromatic carbocycles. The summed E-state index contributed by atoms with van der Waals surface area (Å²) in [5, 5.41) is 7.05. The Bertz CT molecular complexity index is 876. The molecule has 1 atom stereocenters. The van der Waals surface area contributed by atoms with E-state index in [1.165, 1.54) is 6.33 Å². The molecule has 0 saturated carbocycles. The number of hydrogen-bond donors (Lipinski definition) is 1. The van der Waals surface area contributed by atoms with E-state index >= 15 is 0 Å². The summed E-state index contributed by atoms with van der Waals surface area (Å²) in [5.74, 6) is 1.23. The first-order chi connectivity index (χ1) is 12.6. The molecular formula is C19H20N4O3. The maximum atomic E-state index is 12.6. The summed E-state index contributed by atoms with van der Waals surface area (Å²) in [6.45, 7) is 1.90. The molecule has 0 radical (unpaired) electrons. The van der Waals surface area contributed by atoms with Gasteiger partial charge in [0.1, 0.15) is 24.2 Å². The van der Waals surface area contributed by atoms with Crippen molar-refractivity contribution in [1.82, 2.24) is 20.1 Å². The number of amides is 1. The van der Waals surface area contributed by atoms with E-state index in [2.05, 4.69) is 15.4 Å². The molecule has 1 amide bonds. The van der Waals surface area contributed by atoms with Gasteiger partial charge in [0.2, 0.25) is 0 Å². The molecule has 3 aromatic rings. The van der Waals surface area contributed by atoms with Crippen LogP contribution in [0.5, 0.6) is 11.5 Å². The number of methoxy groups -OCH3 is 2. The predicted molar refractivity (Wildman–Crippen MR) is 96.8 cm³/mol. The monoisotopic (exact) mass is 352 g/mol. The molecule has 0 fully saturated rings. The quantitative estimate of drug-likeness (QED) is 0.738. The summed E-state index contributed by atoms with van der Waals surface area (Å²) in [6, 6.07) is 12.4. The molecule has 7 heteroatoms. The number of ether oxygens (including phenoxy) is 2. The third kappa shape index (κ3) is 3.66. The molecule has 26 heavy (non-hydrogen) atoms. The van der Waals surface area contributed by atoms with Crippen molar-refractivity contribution in [3.05, 3.63) is 66.2 Å². The van der Waals surface area contributed by atoms with Crippen LogP contribution in [0, 0.1) is 0 Å². The summed E-state index contributed by atoms with van der Waals surface area (Å²) in [4.78, 5) is 16.5. The van der Waals surface area contributed by atoms with Crippen molar-refractivity contribution < 1.29 is 14.3 Å². The fourth-order valence-electron chi connectivity index (χ4n) is 2.64. The van der Waals surface area contributed by atoms with Crippen molar-refractivity contribution in [3.8, 4) is 17.2 Å². The normalized spacial score (nSPS) is 11.7. The zero-order valence-electron chi connectivity index (χ0n) is 14.8. The number of carbonyl (C=O) groups excluding carboxylic acids is 1. The van der Waals surface area contributed by atoms with Gasteiger partial charge in [0.25, 0.3) is 5.91 Å². The standard InChI is InChI=1S/C19H20N4O3/c1-13(17-10-16(25-2)8-9-18(17)26-3)22-19(24)14-4-6-15(7-5-14)23-12-20-11-21-23/h4-13H,1-3H3,(H,22,24). The number of nitrogens with one attached hydrogen (secondary N) is 1. The number of carbonyl (C=O) groups is 1. The third-order valence-electron chi connectivity index (χ3n) is 4.06. The van der Waals surface area contributed by atoms with Crippen LogP contribution in [-0.2, 0) is 0 Å². The van der Waals surface area contributed by atoms with Crippen LogP contribution < -0.4 is 14.8 Å². The van der Waals surface area contributed by atoms with E-state index in [0.29, 0.717) is 17.1 Å². The van der Waals surface area contributed by atoms with E-state index in [9.17, 15) is 4.79 Å². The molecule has 1 heterocycles. The first-order valence-corrected chi connectivity index (χ1v) is 8.10. The number of nitrogens with zero attached hydrogens (tertiary/aromatic N) is 3. The van der Waals surface area contributed by atoms with Gasteiger partial charge in [-0.15, -0.1) is 0 Å². The minimum atomic E-state index is -0.248. The van der Waals surface area contributed by atoms with Crippen LogP contribution in [-0.4, -0.2) is 34.9 Å². The van der Waals surface area contributed by atoms with Crippen LogP contribution in [0.3, 0.4) is 0 Å². The maximum absolute atomic E-state index is 12.6. The number of aromatic nitrogens is 3. The molecule has 7 nitrogen and oxygen atoms in total.